The van der Waals surface area contributed by atoms with Crippen molar-refractivity contribution >= 4 is 63.5 Å². The minimum atomic E-state index is -0.588. The highest BCUT2D eigenvalue weighted by Gasteiger charge is 2.36. The number of carbonyl (C=O) groups excluding carboxylic acids is 2. The van der Waals surface area contributed by atoms with E-state index in [0.29, 0.717) is 26.7 Å². The van der Waals surface area contributed by atoms with Crippen molar-refractivity contribution in [2.24, 2.45) is 0 Å². The minimum absolute atomic E-state index is 0.0327. The zero-order valence-electron chi connectivity index (χ0n) is 13.7. The average molecular weight is 484 g/mol. The predicted octanol–water partition coefficient (Wildman–Crippen LogP) is 2.73. The number of hydrogen-bond acceptors (Lipinski definition) is 6. The number of methoxy groups -OCH3 is 2. The summed E-state index contributed by atoms with van der Waals surface area (Å²) in [6.07, 6.45) is 1.38. The van der Waals surface area contributed by atoms with Crippen LogP contribution in [-0.4, -0.2) is 31.1 Å². The van der Waals surface area contributed by atoms with Crippen LogP contribution in [0.2, 0.25) is 0 Å². The van der Waals surface area contributed by atoms with E-state index < -0.39 is 11.8 Å². The number of halogens is 1. The number of carbonyl (C=O) groups is 2. The summed E-state index contributed by atoms with van der Waals surface area (Å²) in [5, 5.41) is 2.48. The lowest BCUT2D eigenvalue weighted by atomic mass is 10.1. The lowest BCUT2D eigenvalue weighted by Gasteiger charge is -2.29. The Labute approximate surface area is 168 Å². The van der Waals surface area contributed by atoms with Crippen LogP contribution in [-0.2, 0) is 9.59 Å². The summed E-state index contributed by atoms with van der Waals surface area (Å²) in [5.41, 5.74) is 0.297. The van der Waals surface area contributed by atoms with Crippen LogP contribution >= 0.6 is 34.8 Å². The van der Waals surface area contributed by atoms with Gasteiger partial charge >= 0.3 is 0 Å². The van der Waals surface area contributed by atoms with Crippen molar-refractivity contribution in [2.75, 3.05) is 19.1 Å². The Morgan fingerprint density at radius 2 is 1.96 bits per heavy atom. The number of anilines is 1. The Morgan fingerprint density at radius 3 is 2.58 bits per heavy atom. The largest absolute Gasteiger partial charge is 0.497 e. The number of hydrogen-bond donors (Lipinski definition) is 1. The van der Waals surface area contributed by atoms with Crippen molar-refractivity contribution < 1.29 is 23.5 Å². The first-order chi connectivity index (χ1) is 12.4. The summed E-state index contributed by atoms with van der Waals surface area (Å²) >= 11 is 7.19. The molecular weight excluding hydrogens is 471 g/mol. The lowest BCUT2D eigenvalue weighted by molar-refractivity contribution is -0.122. The van der Waals surface area contributed by atoms with Crippen LogP contribution in [0.15, 0.2) is 40.3 Å². The van der Waals surface area contributed by atoms with E-state index in [4.69, 9.17) is 26.1 Å². The predicted molar refractivity (Wildman–Crippen MR) is 107 cm³/mol. The number of benzene rings is 1. The molecule has 1 N–H and O–H groups in total. The van der Waals surface area contributed by atoms with Crippen LogP contribution in [0, 0.1) is 3.77 Å². The molecule has 1 aromatic heterocycles. The molecule has 0 aliphatic carbocycles. The first-order valence-electron chi connectivity index (χ1n) is 7.33. The van der Waals surface area contributed by atoms with Gasteiger partial charge in [0.15, 0.2) is 8.88 Å². The molecule has 2 amide bonds. The van der Waals surface area contributed by atoms with Gasteiger partial charge in [-0.05, 0) is 65.2 Å². The van der Waals surface area contributed by atoms with Crippen molar-refractivity contribution in [3.05, 3.63) is 45.4 Å². The molecule has 2 heterocycles. The summed E-state index contributed by atoms with van der Waals surface area (Å²) in [7, 11) is 2.99. The summed E-state index contributed by atoms with van der Waals surface area (Å²) in [4.78, 5) is 26.4. The molecule has 0 radical (unpaired) electrons. The van der Waals surface area contributed by atoms with Crippen molar-refractivity contribution in [1.82, 2.24) is 5.32 Å². The van der Waals surface area contributed by atoms with Gasteiger partial charge in [-0.3, -0.25) is 14.9 Å². The summed E-state index contributed by atoms with van der Waals surface area (Å²) < 4.78 is 16.6. The number of furan rings is 1. The van der Waals surface area contributed by atoms with Gasteiger partial charge in [0.05, 0.1) is 19.9 Å². The monoisotopic (exact) mass is 484 g/mol. The Hall–Kier alpha value is -2.40. The SMILES string of the molecule is COc1ccc(N2C(=O)/C(=C/c3ccc(I)o3)C(=O)NC2=S)c(OC)c1. The molecule has 2 aromatic rings. The molecule has 1 aliphatic rings. The molecule has 134 valence electrons. The summed E-state index contributed by atoms with van der Waals surface area (Å²) in [6, 6.07) is 8.32. The third-order valence-electron chi connectivity index (χ3n) is 3.61. The fraction of sp³-hybridized carbons (Fsp3) is 0.118. The van der Waals surface area contributed by atoms with Crippen LogP contribution in [0.1, 0.15) is 5.76 Å². The van der Waals surface area contributed by atoms with E-state index in [1.165, 1.54) is 25.2 Å². The Bertz CT molecular complexity index is 937. The molecule has 3 rings (SSSR count). The van der Waals surface area contributed by atoms with E-state index in [2.05, 4.69) is 5.32 Å². The van der Waals surface area contributed by atoms with Crippen molar-refractivity contribution in [3.63, 3.8) is 0 Å². The molecule has 1 fully saturated rings. The number of thiocarbonyl (C=S) groups is 1. The highest BCUT2D eigenvalue weighted by Crippen LogP contribution is 2.34. The van der Waals surface area contributed by atoms with Gasteiger partial charge in [0.1, 0.15) is 22.8 Å². The fourth-order valence-electron chi connectivity index (χ4n) is 2.39. The highest BCUT2D eigenvalue weighted by atomic mass is 127. The van der Waals surface area contributed by atoms with Gasteiger partial charge in [-0.15, -0.1) is 0 Å². The molecule has 0 saturated carbocycles. The van der Waals surface area contributed by atoms with Crippen LogP contribution in [0.25, 0.3) is 6.08 Å². The van der Waals surface area contributed by atoms with Crippen LogP contribution in [0.3, 0.4) is 0 Å². The Morgan fingerprint density at radius 1 is 1.19 bits per heavy atom. The lowest BCUT2D eigenvalue weighted by Crippen LogP contribution is -2.54. The van der Waals surface area contributed by atoms with Gasteiger partial charge in [-0.1, -0.05) is 0 Å². The second-order valence-corrected chi connectivity index (χ2v) is 6.59. The maximum absolute atomic E-state index is 13.0. The van der Waals surface area contributed by atoms with Gasteiger partial charge in [-0.25, -0.2) is 4.90 Å². The minimum Gasteiger partial charge on any atom is -0.497 e. The summed E-state index contributed by atoms with van der Waals surface area (Å²) in [5.74, 6) is 0.167. The molecule has 9 heteroatoms. The number of ether oxygens (including phenoxy) is 2. The third-order valence-corrected chi connectivity index (χ3v) is 4.47. The second-order valence-electron chi connectivity index (χ2n) is 5.14. The molecule has 0 unspecified atom stereocenters. The second kappa shape index (κ2) is 7.46. The van der Waals surface area contributed by atoms with E-state index in [1.807, 2.05) is 22.6 Å². The molecule has 1 aliphatic heterocycles. The van der Waals surface area contributed by atoms with E-state index >= 15 is 0 Å². The van der Waals surface area contributed by atoms with Gasteiger partial charge in [0.2, 0.25) is 0 Å². The van der Waals surface area contributed by atoms with Crippen molar-refractivity contribution in [1.29, 1.82) is 0 Å². The summed E-state index contributed by atoms with van der Waals surface area (Å²) in [6.45, 7) is 0. The zero-order chi connectivity index (χ0) is 18.8. The van der Waals surface area contributed by atoms with Gasteiger partial charge in [0, 0.05) is 6.07 Å². The van der Waals surface area contributed by atoms with Crippen molar-refractivity contribution in [3.8, 4) is 11.5 Å². The smallest absolute Gasteiger partial charge is 0.270 e. The molecule has 0 spiro atoms. The van der Waals surface area contributed by atoms with E-state index in [-0.39, 0.29) is 10.7 Å². The highest BCUT2D eigenvalue weighted by molar-refractivity contribution is 14.1. The quantitative estimate of drug-likeness (QED) is 0.311. The maximum Gasteiger partial charge on any atom is 0.270 e. The fourth-order valence-corrected chi connectivity index (χ4v) is 3.10. The first kappa shape index (κ1) is 18.4. The van der Waals surface area contributed by atoms with E-state index in [0.717, 1.165) is 0 Å². The average Bonchev–Trinajstić information content (AvgIpc) is 3.03. The van der Waals surface area contributed by atoms with Crippen LogP contribution < -0.4 is 19.7 Å². The molecule has 26 heavy (non-hydrogen) atoms. The number of amides is 2. The Balaban J connectivity index is 2.05. The van der Waals surface area contributed by atoms with Gasteiger partial charge in [-0.2, -0.15) is 0 Å². The van der Waals surface area contributed by atoms with Crippen molar-refractivity contribution in [2.45, 2.75) is 0 Å². The van der Waals surface area contributed by atoms with E-state index in [9.17, 15) is 9.59 Å². The molecule has 0 atom stereocenters. The molecule has 1 saturated heterocycles. The third kappa shape index (κ3) is 3.44. The number of rotatable bonds is 4. The first-order valence-corrected chi connectivity index (χ1v) is 8.82. The Kier molecular flexibility index (Phi) is 5.28. The van der Waals surface area contributed by atoms with E-state index in [1.54, 1.807) is 30.3 Å². The molecule has 0 bridgehead atoms. The number of nitrogens with zero attached hydrogens (tertiary/aromatic N) is 1. The van der Waals surface area contributed by atoms with Gasteiger partial charge in [0.25, 0.3) is 11.8 Å². The molecule has 7 nitrogen and oxygen atoms in total. The maximum atomic E-state index is 13.0. The van der Waals surface area contributed by atoms with Crippen LogP contribution in [0.4, 0.5) is 5.69 Å². The zero-order valence-corrected chi connectivity index (χ0v) is 16.7. The normalized spacial score (nSPS) is 16.0. The molecule has 1 aromatic carbocycles. The standard InChI is InChI=1S/C17H13IN2O5S/c1-23-9-3-5-12(13(8-9)24-2)20-16(22)11(15(21)19-17(20)26)7-10-4-6-14(18)25-10/h3-8H,1-2H3,(H,19,21,26)/b11-7+. The van der Waals surface area contributed by atoms with Gasteiger partial charge < -0.3 is 13.9 Å². The topological polar surface area (TPSA) is 81.0 Å². The van der Waals surface area contributed by atoms with Crippen LogP contribution in [0.5, 0.6) is 11.5 Å². The molecular formula is C17H13IN2O5S. The number of nitrogens with one attached hydrogen (secondary N) is 1.